The molecule has 4 rings (SSSR count). The Balaban J connectivity index is 1.70. The van der Waals surface area contributed by atoms with Gasteiger partial charge in [-0.25, -0.2) is 0 Å². The van der Waals surface area contributed by atoms with Crippen molar-refractivity contribution in [2.45, 2.75) is 45.7 Å². The second-order valence-corrected chi connectivity index (χ2v) is 8.21. The van der Waals surface area contributed by atoms with Gasteiger partial charge in [-0.3, -0.25) is 4.90 Å². The van der Waals surface area contributed by atoms with Crippen molar-refractivity contribution in [1.82, 2.24) is 9.88 Å². The molecule has 130 valence electrons. The first-order valence-corrected chi connectivity index (χ1v) is 9.98. The van der Waals surface area contributed by atoms with Gasteiger partial charge in [-0.05, 0) is 73.7 Å². The Morgan fingerprint density at radius 2 is 2.00 bits per heavy atom. The molecule has 0 bridgehead atoms. The fourth-order valence-corrected chi connectivity index (χ4v) is 4.75. The molecule has 0 aliphatic carbocycles. The lowest BCUT2D eigenvalue weighted by atomic mass is 9.93. The number of rotatable bonds is 3. The average Bonchev–Trinajstić information content (AvgIpc) is 3.09. The van der Waals surface area contributed by atoms with E-state index in [1.54, 1.807) is 0 Å². The Morgan fingerprint density at radius 3 is 2.84 bits per heavy atom. The molecule has 3 aromatic rings. The summed E-state index contributed by atoms with van der Waals surface area (Å²) in [5.74, 6) is 0. The van der Waals surface area contributed by atoms with E-state index in [0.717, 1.165) is 6.54 Å². The minimum atomic E-state index is 0.515. The van der Waals surface area contributed by atoms with Crippen LogP contribution in [0.25, 0.3) is 10.9 Å². The van der Waals surface area contributed by atoms with Crippen LogP contribution in [0.4, 0.5) is 0 Å². The molecule has 2 heterocycles. The lowest BCUT2D eigenvalue weighted by molar-refractivity contribution is 0.140. The first-order chi connectivity index (χ1) is 12.1. The van der Waals surface area contributed by atoms with Crippen LogP contribution in [0, 0.1) is 13.8 Å². The number of hydrogen-bond acceptors (Lipinski definition) is 1. The molecule has 0 amide bonds. The minimum absolute atomic E-state index is 0.515. The molecule has 3 heteroatoms. The van der Waals surface area contributed by atoms with Crippen LogP contribution in [0.1, 0.15) is 47.6 Å². The molecule has 1 aromatic heterocycles. The van der Waals surface area contributed by atoms with E-state index in [2.05, 4.69) is 82.3 Å². The van der Waals surface area contributed by atoms with E-state index >= 15 is 0 Å². The molecular weight excluding hydrogens is 372 g/mol. The zero-order valence-electron chi connectivity index (χ0n) is 15.0. The van der Waals surface area contributed by atoms with Gasteiger partial charge in [0.2, 0.25) is 0 Å². The van der Waals surface area contributed by atoms with Crippen LogP contribution >= 0.6 is 15.9 Å². The molecule has 1 fully saturated rings. The summed E-state index contributed by atoms with van der Waals surface area (Å²) in [5.41, 5.74) is 6.94. The van der Waals surface area contributed by atoms with Gasteiger partial charge in [0, 0.05) is 34.2 Å². The number of fused-ring (bicyclic) bond motifs is 1. The lowest BCUT2D eigenvalue weighted by Crippen LogP contribution is -2.33. The lowest BCUT2D eigenvalue weighted by Gasteiger charge is -2.36. The van der Waals surface area contributed by atoms with Crippen molar-refractivity contribution in [3.63, 3.8) is 0 Å². The molecule has 1 aliphatic rings. The van der Waals surface area contributed by atoms with Gasteiger partial charge in [-0.2, -0.15) is 0 Å². The molecule has 2 aromatic carbocycles. The molecule has 1 atom stereocenters. The Kier molecular flexibility index (Phi) is 4.70. The van der Waals surface area contributed by atoms with E-state index in [1.165, 1.54) is 63.4 Å². The Hall–Kier alpha value is -1.58. The molecule has 1 aliphatic heterocycles. The highest BCUT2D eigenvalue weighted by atomic mass is 79.9. The monoisotopic (exact) mass is 396 g/mol. The van der Waals surface area contributed by atoms with E-state index in [4.69, 9.17) is 0 Å². The van der Waals surface area contributed by atoms with E-state index in [-0.39, 0.29) is 0 Å². The number of H-pyrrole nitrogens is 1. The summed E-state index contributed by atoms with van der Waals surface area (Å²) in [7, 11) is 0. The number of likely N-dealkylation sites (tertiary alicyclic amines) is 1. The number of hydrogen-bond donors (Lipinski definition) is 1. The topological polar surface area (TPSA) is 19.0 Å². The predicted molar refractivity (Wildman–Crippen MR) is 109 cm³/mol. The highest BCUT2D eigenvalue weighted by Gasteiger charge is 2.25. The third-order valence-electron chi connectivity index (χ3n) is 5.58. The number of aromatic amines is 1. The summed E-state index contributed by atoms with van der Waals surface area (Å²) in [6.45, 7) is 6.65. The first-order valence-electron chi connectivity index (χ1n) is 9.19. The SMILES string of the molecule is Cc1cc(C)c2[nH]ccc2c1CN1CCCCC1c1cccc(Br)c1. The fraction of sp³-hybridized carbons (Fsp3) is 0.364. The molecule has 25 heavy (non-hydrogen) atoms. The fourth-order valence-electron chi connectivity index (χ4n) is 4.33. The van der Waals surface area contributed by atoms with Crippen molar-refractivity contribution in [3.05, 3.63) is 69.3 Å². The highest BCUT2D eigenvalue weighted by Crippen LogP contribution is 2.35. The normalized spacial score (nSPS) is 18.8. The van der Waals surface area contributed by atoms with Gasteiger partial charge < -0.3 is 4.98 Å². The van der Waals surface area contributed by atoms with Crippen molar-refractivity contribution in [3.8, 4) is 0 Å². The molecule has 1 N–H and O–H groups in total. The summed E-state index contributed by atoms with van der Waals surface area (Å²) in [5, 5.41) is 1.39. The Labute approximate surface area is 158 Å². The van der Waals surface area contributed by atoms with Crippen LogP contribution in [0.5, 0.6) is 0 Å². The maximum Gasteiger partial charge on any atom is 0.0487 e. The standard InChI is InChI=1S/C22H25BrN2/c1-15-12-16(2)22-19(9-10-24-22)20(15)14-25-11-4-3-8-21(25)17-6-5-7-18(23)13-17/h5-7,9-10,12-13,21,24H,3-4,8,11,14H2,1-2H3. The molecule has 2 nitrogen and oxygen atoms in total. The number of benzene rings is 2. The summed E-state index contributed by atoms with van der Waals surface area (Å²) < 4.78 is 1.18. The van der Waals surface area contributed by atoms with Crippen LogP contribution in [-0.2, 0) is 6.54 Å². The Bertz CT molecular complexity index is 896. The van der Waals surface area contributed by atoms with E-state index in [9.17, 15) is 0 Å². The van der Waals surface area contributed by atoms with Crippen molar-refractivity contribution in [2.75, 3.05) is 6.54 Å². The van der Waals surface area contributed by atoms with E-state index < -0.39 is 0 Å². The summed E-state index contributed by atoms with van der Waals surface area (Å²) in [6, 6.07) is 13.9. The van der Waals surface area contributed by atoms with Gasteiger partial charge in [0.15, 0.2) is 0 Å². The van der Waals surface area contributed by atoms with Crippen molar-refractivity contribution < 1.29 is 0 Å². The predicted octanol–water partition coefficient (Wildman–Crippen LogP) is 6.27. The van der Waals surface area contributed by atoms with Gasteiger partial charge in [0.1, 0.15) is 0 Å². The summed E-state index contributed by atoms with van der Waals surface area (Å²) in [4.78, 5) is 6.09. The van der Waals surface area contributed by atoms with Crippen LogP contribution < -0.4 is 0 Å². The summed E-state index contributed by atoms with van der Waals surface area (Å²) >= 11 is 3.64. The third kappa shape index (κ3) is 3.28. The number of piperidine rings is 1. The van der Waals surface area contributed by atoms with Crippen LogP contribution in [0.15, 0.2) is 47.1 Å². The smallest absolute Gasteiger partial charge is 0.0487 e. The second-order valence-electron chi connectivity index (χ2n) is 7.29. The minimum Gasteiger partial charge on any atom is -0.361 e. The quantitative estimate of drug-likeness (QED) is 0.552. The van der Waals surface area contributed by atoms with E-state index in [0.29, 0.717) is 6.04 Å². The zero-order chi connectivity index (χ0) is 17.4. The van der Waals surface area contributed by atoms with Crippen LogP contribution in [-0.4, -0.2) is 16.4 Å². The van der Waals surface area contributed by atoms with Gasteiger partial charge in [-0.15, -0.1) is 0 Å². The van der Waals surface area contributed by atoms with Gasteiger partial charge in [-0.1, -0.05) is 40.5 Å². The van der Waals surface area contributed by atoms with Crippen LogP contribution in [0.2, 0.25) is 0 Å². The molecule has 1 unspecified atom stereocenters. The molecule has 0 saturated carbocycles. The molecule has 0 spiro atoms. The average molecular weight is 397 g/mol. The van der Waals surface area contributed by atoms with Crippen molar-refractivity contribution in [1.29, 1.82) is 0 Å². The second kappa shape index (κ2) is 6.97. The highest BCUT2D eigenvalue weighted by molar-refractivity contribution is 9.10. The Morgan fingerprint density at radius 1 is 1.12 bits per heavy atom. The largest absolute Gasteiger partial charge is 0.361 e. The number of nitrogens with zero attached hydrogens (tertiary/aromatic N) is 1. The van der Waals surface area contributed by atoms with E-state index in [1.807, 2.05) is 0 Å². The molecule has 1 saturated heterocycles. The number of halogens is 1. The zero-order valence-corrected chi connectivity index (χ0v) is 16.6. The van der Waals surface area contributed by atoms with Crippen molar-refractivity contribution in [2.24, 2.45) is 0 Å². The maximum absolute atomic E-state index is 3.64. The van der Waals surface area contributed by atoms with Gasteiger partial charge >= 0.3 is 0 Å². The molecular formula is C22H25BrN2. The third-order valence-corrected chi connectivity index (χ3v) is 6.08. The number of aromatic nitrogens is 1. The number of aryl methyl sites for hydroxylation is 2. The first kappa shape index (κ1) is 16.9. The van der Waals surface area contributed by atoms with Crippen molar-refractivity contribution >= 4 is 26.8 Å². The van der Waals surface area contributed by atoms with Crippen LogP contribution in [0.3, 0.4) is 0 Å². The number of nitrogens with one attached hydrogen (secondary N) is 1. The molecule has 0 radical (unpaired) electrons. The van der Waals surface area contributed by atoms with Gasteiger partial charge in [0.25, 0.3) is 0 Å². The van der Waals surface area contributed by atoms with Gasteiger partial charge in [0.05, 0.1) is 0 Å². The maximum atomic E-state index is 3.64. The summed E-state index contributed by atoms with van der Waals surface area (Å²) in [6.07, 6.45) is 5.94.